The normalized spacial score (nSPS) is 27.7. The Morgan fingerprint density at radius 2 is 2.05 bits per heavy atom. The van der Waals surface area contributed by atoms with Gasteiger partial charge in [-0.2, -0.15) is 0 Å². The standard InChI is InChI=1S/C17H24N4O/c22-15-8-16(13-4-2-1-3-5-13)20(12-15)11-14-9-19-17-10-18-6-7-21(14)17/h6-7,9-10,13,15-16,22H,1-5,8,11-12H2/t15-,16+/m1/s1. The van der Waals surface area contributed by atoms with Crippen molar-refractivity contribution in [2.75, 3.05) is 6.54 Å². The number of hydrogen-bond donors (Lipinski definition) is 1. The number of rotatable bonds is 3. The molecule has 1 saturated carbocycles. The second kappa shape index (κ2) is 5.97. The van der Waals surface area contributed by atoms with Crippen LogP contribution in [0.5, 0.6) is 0 Å². The molecule has 0 unspecified atom stereocenters. The van der Waals surface area contributed by atoms with E-state index in [-0.39, 0.29) is 6.10 Å². The average Bonchev–Trinajstić information content (AvgIpc) is 3.13. The smallest absolute Gasteiger partial charge is 0.155 e. The lowest BCUT2D eigenvalue weighted by Gasteiger charge is -2.33. The van der Waals surface area contributed by atoms with Gasteiger partial charge < -0.3 is 5.11 Å². The molecule has 2 fully saturated rings. The largest absolute Gasteiger partial charge is 0.392 e. The molecule has 5 nitrogen and oxygen atoms in total. The summed E-state index contributed by atoms with van der Waals surface area (Å²) >= 11 is 0. The molecule has 1 aliphatic heterocycles. The Hall–Kier alpha value is -1.46. The van der Waals surface area contributed by atoms with Gasteiger partial charge in [0, 0.05) is 31.5 Å². The van der Waals surface area contributed by atoms with Crippen molar-refractivity contribution in [1.82, 2.24) is 19.3 Å². The van der Waals surface area contributed by atoms with E-state index in [2.05, 4.69) is 19.3 Å². The Balaban J connectivity index is 1.54. The van der Waals surface area contributed by atoms with Crippen molar-refractivity contribution in [2.24, 2.45) is 5.92 Å². The molecular formula is C17H24N4O. The lowest BCUT2D eigenvalue weighted by Crippen LogP contribution is -2.36. The SMILES string of the molecule is O[C@@H]1C[C@@H](C2CCCCC2)N(Cc2cnc3cnccn23)C1. The van der Waals surface area contributed by atoms with E-state index in [1.165, 1.54) is 37.8 Å². The zero-order chi connectivity index (χ0) is 14.9. The first-order valence-electron chi connectivity index (χ1n) is 8.49. The van der Waals surface area contributed by atoms with E-state index in [1.54, 1.807) is 12.4 Å². The van der Waals surface area contributed by atoms with Crippen LogP contribution >= 0.6 is 0 Å². The van der Waals surface area contributed by atoms with Crippen LogP contribution in [0.2, 0.25) is 0 Å². The highest BCUT2D eigenvalue weighted by Crippen LogP contribution is 2.35. The first-order chi connectivity index (χ1) is 10.8. The van der Waals surface area contributed by atoms with Gasteiger partial charge in [0.05, 0.1) is 24.2 Å². The maximum Gasteiger partial charge on any atom is 0.155 e. The Morgan fingerprint density at radius 3 is 2.91 bits per heavy atom. The van der Waals surface area contributed by atoms with Crippen molar-refractivity contribution in [3.8, 4) is 0 Å². The van der Waals surface area contributed by atoms with Crippen LogP contribution in [-0.4, -0.2) is 43.1 Å². The van der Waals surface area contributed by atoms with Crippen molar-refractivity contribution in [3.63, 3.8) is 0 Å². The van der Waals surface area contributed by atoms with Gasteiger partial charge in [0.15, 0.2) is 5.65 Å². The molecule has 1 saturated heterocycles. The number of β-amino-alcohol motifs (C(OH)–C–C–N with tert-alkyl or cyclic N) is 1. The van der Waals surface area contributed by atoms with Crippen molar-refractivity contribution in [2.45, 2.75) is 57.2 Å². The number of fused-ring (bicyclic) bond motifs is 1. The van der Waals surface area contributed by atoms with Gasteiger partial charge in [-0.3, -0.25) is 14.3 Å². The Morgan fingerprint density at radius 1 is 1.18 bits per heavy atom. The first-order valence-corrected chi connectivity index (χ1v) is 8.49. The molecule has 0 bridgehead atoms. The average molecular weight is 300 g/mol. The number of likely N-dealkylation sites (tertiary alicyclic amines) is 1. The molecule has 0 amide bonds. The Bertz CT molecular complexity index is 634. The second-order valence-electron chi connectivity index (χ2n) is 6.84. The minimum Gasteiger partial charge on any atom is -0.392 e. The highest BCUT2D eigenvalue weighted by atomic mass is 16.3. The van der Waals surface area contributed by atoms with E-state index >= 15 is 0 Å². The van der Waals surface area contributed by atoms with Crippen LogP contribution in [-0.2, 0) is 6.54 Å². The molecule has 3 heterocycles. The number of aliphatic hydroxyl groups is 1. The van der Waals surface area contributed by atoms with Gasteiger partial charge in [-0.1, -0.05) is 19.3 Å². The number of aromatic nitrogens is 3. The molecule has 2 aromatic heterocycles. The fourth-order valence-electron chi connectivity index (χ4n) is 4.32. The lowest BCUT2D eigenvalue weighted by molar-refractivity contribution is 0.146. The molecule has 1 N–H and O–H groups in total. The third-order valence-electron chi connectivity index (χ3n) is 5.38. The zero-order valence-corrected chi connectivity index (χ0v) is 12.9. The summed E-state index contributed by atoms with van der Waals surface area (Å²) in [6.07, 6.45) is 15.0. The minimum atomic E-state index is -0.173. The molecule has 4 rings (SSSR count). The molecule has 2 aliphatic rings. The van der Waals surface area contributed by atoms with Crippen LogP contribution < -0.4 is 0 Å². The second-order valence-corrected chi connectivity index (χ2v) is 6.84. The van der Waals surface area contributed by atoms with Crippen LogP contribution in [0.15, 0.2) is 24.8 Å². The monoisotopic (exact) mass is 300 g/mol. The van der Waals surface area contributed by atoms with E-state index in [1.807, 2.05) is 12.4 Å². The van der Waals surface area contributed by atoms with Crippen LogP contribution in [0, 0.1) is 5.92 Å². The van der Waals surface area contributed by atoms with Crippen molar-refractivity contribution in [1.29, 1.82) is 0 Å². The number of imidazole rings is 1. The summed E-state index contributed by atoms with van der Waals surface area (Å²) in [5.74, 6) is 0.756. The van der Waals surface area contributed by atoms with Crippen LogP contribution in [0.1, 0.15) is 44.2 Å². The lowest BCUT2D eigenvalue weighted by atomic mass is 9.82. The molecule has 0 radical (unpaired) electrons. The summed E-state index contributed by atoms with van der Waals surface area (Å²) in [6, 6.07) is 0.530. The maximum absolute atomic E-state index is 10.2. The third-order valence-corrected chi connectivity index (χ3v) is 5.38. The molecule has 0 aromatic carbocycles. The highest BCUT2D eigenvalue weighted by molar-refractivity contribution is 5.36. The van der Waals surface area contributed by atoms with Gasteiger partial charge in [-0.05, 0) is 25.2 Å². The van der Waals surface area contributed by atoms with Gasteiger partial charge in [-0.15, -0.1) is 0 Å². The van der Waals surface area contributed by atoms with E-state index in [9.17, 15) is 5.11 Å². The first kappa shape index (κ1) is 14.2. The number of nitrogens with zero attached hydrogens (tertiary/aromatic N) is 4. The Kier molecular flexibility index (Phi) is 3.84. The van der Waals surface area contributed by atoms with Crippen LogP contribution in [0.4, 0.5) is 0 Å². The van der Waals surface area contributed by atoms with E-state index in [0.717, 1.165) is 31.1 Å². The summed E-state index contributed by atoms with van der Waals surface area (Å²) < 4.78 is 2.11. The molecular weight excluding hydrogens is 276 g/mol. The predicted octanol–water partition coefficient (Wildman–Crippen LogP) is 2.24. The fraction of sp³-hybridized carbons (Fsp3) is 0.647. The van der Waals surface area contributed by atoms with Crippen molar-refractivity contribution < 1.29 is 5.11 Å². The molecule has 22 heavy (non-hydrogen) atoms. The van der Waals surface area contributed by atoms with Gasteiger partial charge in [-0.25, -0.2) is 4.98 Å². The maximum atomic E-state index is 10.2. The number of aliphatic hydroxyl groups excluding tert-OH is 1. The predicted molar refractivity (Wildman–Crippen MR) is 84.4 cm³/mol. The zero-order valence-electron chi connectivity index (χ0n) is 12.9. The molecule has 1 aliphatic carbocycles. The summed E-state index contributed by atoms with van der Waals surface area (Å²) in [5.41, 5.74) is 2.08. The molecule has 2 atom stereocenters. The van der Waals surface area contributed by atoms with Crippen LogP contribution in [0.3, 0.4) is 0 Å². The van der Waals surface area contributed by atoms with E-state index in [4.69, 9.17) is 0 Å². The van der Waals surface area contributed by atoms with Gasteiger partial charge in [0.25, 0.3) is 0 Å². The van der Waals surface area contributed by atoms with Crippen LogP contribution in [0.25, 0.3) is 5.65 Å². The summed E-state index contributed by atoms with van der Waals surface area (Å²) in [7, 11) is 0. The van der Waals surface area contributed by atoms with E-state index in [0.29, 0.717) is 6.04 Å². The van der Waals surface area contributed by atoms with Gasteiger partial charge >= 0.3 is 0 Å². The fourth-order valence-corrected chi connectivity index (χ4v) is 4.32. The molecule has 5 heteroatoms. The van der Waals surface area contributed by atoms with Crippen molar-refractivity contribution in [3.05, 3.63) is 30.5 Å². The van der Waals surface area contributed by atoms with Crippen molar-refractivity contribution >= 4 is 5.65 Å². The summed E-state index contributed by atoms with van der Waals surface area (Å²) in [5, 5.41) is 10.2. The van der Waals surface area contributed by atoms with Gasteiger partial charge in [0.1, 0.15) is 0 Å². The Labute approximate surface area is 131 Å². The summed E-state index contributed by atoms with van der Waals surface area (Å²) in [4.78, 5) is 11.0. The summed E-state index contributed by atoms with van der Waals surface area (Å²) in [6.45, 7) is 1.66. The molecule has 0 spiro atoms. The third kappa shape index (κ3) is 2.63. The highest BCUT2D eigenvalue weighted by Gasteiger charge is 2.36. The molecule has 2 aromatic rings. The quantitative estimate of drug-likeness (QED) is 0.944. The topological polar surface area (TPSA) is 53.7 Å². The van der Waals surface area contributed by atoms with Gasteiger partial charge in [0.2, 0.25) is 0 Å². The minimum absolute atomic E-state index is 0.173. The number of hydrogen-bond acceptors (Lipinski definition) is 4. The van der Waals surface area contributed by atoms with E-state index < -0.39 is 0 Å². The molecule has 118 valence electrons.